The molecule has 0 unspecified atom stereocenters. The Hall–Kier alpha value is -0.203. The van der Waals surface area contributed by atoms with Crippen LogP contribution in [-0.4, -0.2) is 43.9 Å². The van der Waals surface area contributed by atoms with E-state index in [1.807, 2.05) is 5.70 Å². The predicted molar refractivity (Wildman–Crippen MR) is 61.6 cm³/mol. The molecule has 0 bridgehead atoms. The summed E-state index contributed by atoms with van der Waals surface area (Å²) in [5.74, 6) is 0. The number of hydrogen-bond donors (Lipinski definition) is 0. The minimum Gasteiger partial charge on any atom is -0.385 e. The smallest absolute Gasteiger partial charge is 0.385 e. The van der Waals surface area contributed by atoms with Crippen molar-refractivity contribution in [2.45, 2.75) is 19.3 Å². The van der Waals surface area contributed by atoms with Gasteiger partial charge in [0.1, 0.15) is 0 Å². The third-order valence-electron chi connectivity index (χ3n) is 2.14. The molecule has 0 rings (SSSR count). The monoisotopic (exact) mass is 234 g/mol. The molecule has 0 amide bonds. The molecule has 0 radical (unpaired) electrons. The molecule has 0 N–H and O–H groups in total. The molecule has 0 spiro atoms. The highest BCUT2D eigenvalue weighted by Gasteiger charge is 2.33. The van der Waals surface area contributed by atoms with Gasteiger partial charge in [-0.3, -0.25) is 0 Å². The van der Waals surface area contributed by atoms with Gasteiger partial charge in [0.15, 0.2) is 0 Å². The second-order valence-corrected chi connectivity index (χ2v) is 5.87. The van der Waals surface area contributed by atoms with Crippen molar-refractivity contribution in [2.75, 3.05) is 35.0 Å². The van der Waals surface area contributed by atoms with Gasteiger partial charge in [-0.2, -0.15) is 0 Å². The zero-order valence-electron chi connectivity index (χ0n) is 10.1. The first-order valence-corrected chi connectivity index (χ1v) is 6.87. The van der Waals surface area contributed by atoms with Crippen LogP contribution in [0.5, 0.6) is 0 Å². The van der Waals surface area contributed by atoms with Crippen LogP contribution in [0.4, 0.5) is 0 Å². The maximum absolute atomic E-state index is 5.25. The summed E-state index contributed by atoms with van der Waals surface area (Å²) in [6.07, 6.45) is 5.22. The first kappa shape index (κ1) is 14.8. The number of hydrogen-bond acceptors (Lipinski definition) is 4. The molecule has 0 aliphatic heterocycles. The summed E-state index contributed by atoms with van der Waals surface area (Å²) in [5.41, 5.74) is 1.92. The van der Waals surface area contributed by atoms with Crippen LogP contribution in [0.2, 0.25) is 0 Å². The van der Waals surface area contributed by atoms with Crippen LogP contribution in [0, 0.1) is 0 Å². The lowest BCUT2D eigenvalue weighted by Gasteiger charge is -2.20. The van der Waals surface area contributed by atoms with E-state index in [4.69, 9.17) is 18.0 Å². The zero-order chi connectivity index (χ0) is 11.6. The van der Waals surface area contributed by atoms with E-state index >= 15 is 0 Å². The molecule has 15 heavy (non-hydrogen) atoms. The fraction of sp³-hybridized carbons (Fsp3) is 0.800. The Kier molecular flexibility index (Phi) is 8.93. The maximum atomic E-state index is 5.25. The van der Waals surface area contributed by atoms with Gasteiger partial charge in [-0.1, -0.05) is 6.08 Å². The lowest BCUT2D eigenvalue weighted by molar-refractivity contribution is 0.138. The van der Waals surface area contributed by atoms with Gasteiger partial charge in [0.2, 0.25) is 0 Å². The topological polar surface area (TPSA) is 36.9 Å². The standard InChI is InChI=1S/C10H22O4Si/c1-11-9-7-5-6-8-10-15(12-2,13-3)14-4/h8,10H,5-7,9H2,1-4H3. The van der Waals surface area contributed by atoms with Crippen molar-refractivity contribution in [1.82, 2.24) is 0 Å². The molecule has 0 fully saturated rings. The molecule has 0 aromatic carbocycles. The van der Waals surface area contributed by atoms with Crippen LogP contribution in [0.25, 0.3) is 0 Å². The summed E-state index contributed by atoms with van der Waals surface area (Å²) in [6.45, 7) is 0.815. The molecule has 0 aliphatic rings. The molecule has 0 heterocycles. The highest BCUT2D eigenvalue weighted by Crippen LogP contribution is 2.09. The molecule has 0 aliphatic carbocycles. The van der Waals surface area contributed by atoms with Crippen molar-refractivity contribution in [3.05, 3.63) is 11.8 Å². The lowest BCUT2D eigenvalue weighted by Crippen LogP contribution is -2.40. The number of ether oxygens (including phenoxy) is 1. The summed E-state index contributed by atoms with van der Waals surface area (Å²) in [6, 6.07) is 0. The van der Waals surface area contributed by atoms with E-state index in [1.54, 1.807) is 28.4 Å². The van der Waals surface area contributed by atoms with E-state index in [9.17, 15) is 0 Å². The van der Waals surface area contributed by atoms with Crippen LogP contribution < -0.4 is 0 Å². The van der Waals surface area contributed by atoms with Crippen LogP contribution in [-0.2, 0) is 18.0 Å². The van der Waals surface area contributed by atoms with E-state index in [1.165, 1.54) is 0 Å². The summed E-state index contributed by atoms with van der Waals surface area (Å²) in [4.78, 5) is 0. The molecule has 90 valence electrons. The largest absolute Gasteiger partial charge is 0.528 e. The fourth-order valence-electron chi connectivity index (χ4n) is 1.19. The average Bonchev–Trinajstić information content (AvgIpc) is 2.29. The Morgan fingerprint density at radius 1 is 0.933 bits per heavy atom. The van der Waals surface area contributed by atoms with E-state index < -0.39 is 8.80 Å². The minimum absolute atomic E-state index is 0.815. The number of rotatable bonds is 9. The molecule has 0 saturated carbocycles. The molecular formula is C10H22O4Si. The van der Waals surface area contributed by atoms with Gasteiger partial charge in [0.05, 0.1) is 0 Å². The highest BCUT2D eigenvalue weighted by molar-refractivity contribution is 6.66. The number of unbranched alkanes of at least 4 members (excludes halogenated alkanes) is 2. The Balaban J connectivity index is 3.80. The van der Waals surface area contributed by atoms with Gasteiger partial charge >= 0.3 is 8.80 Å². The molecular weight excluding hydrogens is 212 g/mol. The highest BCUT2D eigenvalue weighted by atomic mass is 28.4. The fourth-order valence-corrected chi connectivity index (χ4v) is 2.55. The molecule has 5 heteroatoms. The normalized spacial score (nSPS) is 12.5. The van der Waals surface area contributed by atoms with Gasteiger partial charge < -0.3 is 18.0 Å². The third kappa shape index (κ3) is 6.06. The Morgan fingerprint density at radius 2 is 1.53 bits per heavy atom. The van der Waals surface area contributed by atoms with Crippen LogP contribution in [0.1, 0.15) is 19.3 Å². The third-order valence-corrected chi connectivity index (χ3v) is 4.50. The first-order valence-electron chi connectivity index (χ1n) is 5.06. The quantitative estimate of drug-likeness (QED) is 0.450. The van der Waals surface area contributed by atoms with Gasteiger partial charge in [-0.15, -0.1) is 0 Å². The summed E-state index contributed by atoms with van der Waals surface area (Å²) >= 11 is 0. The zero-order valence-corrected chi connectivity index (χ0v) is 11.1. The maximum Gasteiger partial charge on any atom is 0.528 e. The van der Waals surface area contributed by atoms with Crippen molar-refractivity contribution in [3.8, 4) is 0 Å². The molecule has 0 atom stereocenters. The number of methoxy groups -OCH3 is 1. The van der Waals surface area contributed by atoms with E-state index in [0.29, 0.717) is 0 Å². The van der Waals surface area contributed by atoms with E-state index in [0.717, 1.165) is 25.9 Å². The summed E-state index contributed by atoms with van der Waals surface area (Å²) in [7, 11) is 4.04. The van der Waals surface area contributed by atoms with Crippen LogP contribution in [0.3, 0.4) is 0 Å². The van der Waals surface area contributed by atoms with E-state index in [2.05, 4.69) is 6.08 Å². The molecule has 0 aromatic heterocycles. The van der Waals surface area contributed by atoms with Gasteiger partial charge in [-0.05, 0) is 25.0 Å². The Bertz CT molecular complexity index is 161. The second kappa shape index (κ2) is 9.05. The van der Waals surface area contributed by atoms with Crippen LogP contribution >= 0.6 is 0 Å². The minimum atomic E-state index is -2.50. The molecule has 0 saturated heterocycles. The van der Waals surface area contributed by atoms with Crippen molar-refractivity contribution < 1.29 is 18.0 Å². The second-order valence-electron chi connectivity index (χ2n) is 3.11. The summed E-state index contributed by atoms with van der Waals surface area (Å²) in [5, 5.41) is 0. The lowest BCUT2D eigenvalue weighted by atomic mass is 10.2. The Morgan fingerprint density at radius 3 is 2.00 bits per heavy atom. The van der Waals surface area contributed by atoms with Gasteiger partial charge in [0, 0.05) is 35.0 Å². The van der Waals surface area contributed by atoms with Gasteiger partial charge in [0.25, 0.3) is 0 Å². The van der Waals surface area contributed by atoms with Gasteiger partial charge in [-0.25, -0.2) is 0 Å². The average molecular weight is 234 g/mol. The first-order chi connectivity index (χ1) is 7.24. The van der Waals surface area contributed by atoms with Crippen molar-refractivity contribution in [3.63, 3.8) is 0 Å². The summed E-state index contributed by atoms with van der Waals surface area (Å²) < 4.78 is 20.7. The Labute approximate surface area is 93.5 Å². The predicted octanol–water partition coefficient (Wildman–Crippen LogP) is 1.78. The SMILES string of the molecule is COCCCCC=C[Si](OC)(OC)OC. The molecule has 4 nitrogen and oxygen atoms in total. The number of allylic oxidation sites excluding steroid dienone is 1. The van der Waals surface area contributed by atoms with Crippen molar-refractivity contribution in [1.29, 1.82) is 0 Å². The van der Waals surface area contributed by atoms with Crippen LogP contribution in [0.15, 0.2) is 11.8 Å². The molecule has 0 aromatic rings. The van der Waals surface area contributed by atoms with E-state index in [-0.39, 0.29) is 0 Å². The van der Waals surface area contributed by atoms with Crippen molar-refractivity contribution >= 4 is 8.80 Å². The van der Waals surface area contributed by atoms with Crippen molar-refractivity contribution in [2.24, 2.45) is 0 Å².